The summed E-state index contributed by atoms with van der Waals surface area (Å²) in [5, 5.41) is 3.49. The van der Waals surface area contributed by atoms with E-state index in [-0.39, 0.29) is 11.9 Å². The second-order valence-corrected chi connectivity index (χ2v) is 6.58. The largest absolute Gasteiger partial charge is 0.492 e. The summed E-state index contributed by atoms with van der Waals surface area (Å²) in [5.74, 6) is 1.27. The van der Waals surface area contributed by atoms with Crippen molar-refractivity contribution >= 4 is 28.5 Å². The van der Waals surface area contributed by atoms with E-state index in [9.17, 15) is 4.79 Å². The highest BCUT2D eigenvalue weighted by molar-refractivity contribution is 6.32. The van der Waals surface area contributed by atoms with Gasteiger partial charge >= 0.3 is 0 Å². The van der Waals surface area contributed by atoms with Crippen LogP contribution in [0.1, 0.15) is 25.2 Å². The molecule has 27 heavy (non-hydrogen) atoms. The summed E-state index contributed by atoms with van der Waals surface area (Å²) in [6.45, 7) is 6.67. The quantitative estimate of drug-likeness (QED) is 0.459. The fourth-order valence-corrected chi connectivity index (χ4v) is 3.15. The zero-order chi connectivity index (χ0) is 19.2. The van der Waals surface area contributed by atoms with Gasteiger partial charge in [-0.2, -0.15) is 0 Å². The fraction of sp³-hybridized carbons (Fsp3) is 0.238. The van der Waals surface area contributed by atoms with Crippen molar-refractivity contribution in [1.29, 1.82) is 0 Å². The molecule has 0 fully saturated rings. The normalized spacial score (nSPS) is 11.9. The average molecular weight is 384 g/mol. The van der Waals surface area contributed by atoms with Crippen molar-refractivity contribution in [2.24, 2.45) is 0 Å². The van der Waals surface area contributed by atoms with Gasteiger partial charge in [0.05, 0.1) is 28.7 Å². The van der Waals surface area contributed by atoms with E-state index >= 15 is 0 Å². The third-order valence-electron chi connectivity index (χ3n) is 4.24. The molecule has 1 aromatic heterocycles. The molecule has 0 saturated heterocycles. The molecular weight excluding hydrogens is 362 g/mol. The van der Waals surface area contributed by atoms with Gasteiger partial charge in [0, 0.05) is 6.54 Å². The number of aromatic nitrogens is 2. The van der Waals surface area contributed by atoms with Crippen molar-refractivity contribution in [3.63, 3.8) is 0 Å². The van der Waals surface area contributed by atoms with Crippen molar-refractivity contribution in [2.45, 2.75) is 25.9 Å². The Balaban J connectivity index is 1.74. The van der Waals surface area contributed by atoms with Crippen molar-refractivity contribution in [3.8, 4) is 5.75 Å². The van der Waals surface area contributed by atoms with Gasteiger partial charge in [-0.05, 0) is 43.7 Å². The van der Waals surface area contributed by atoms with E-state index in [4.69, 9.17) is 21.3 Å². The van der Waals surface area contributed by atoms with Gasteiger partial charge in [0.15, 0.2) is 0 Å². The molecule has 0 spiro atoms. The van der Waals surface area contributed by atoms with E-state index < -0.39 is 0 Å². The van der Waals surface area contributed by atoms with Gasteiger partial charge in [-0.3, -0.25) is 4.79 Å². The molecule has 2 aromatic carbocycles. The van der Waals surface area contributed by atoms with E-state index in [1.165, 1.54) is 6.08 Å². The van der Waals surface area contributed by atoms with Gasteiger partial charge in [-0.25, -0.2) is 4.98 Å². The summed E-state index contributed by atoms with van der Waals surface area (Å²) >= 11 is 6.12. The lowest BCUT2D eigenvalue weighted by Gasteiger charge is -2.16. The second-order valence-electron chi connectivity index (χ2n) is 6.18. The lowest BCUT2D eigenvalue weighted by molar-refractivity contribution is -0.117. The number of ether oxygens (including phenoxy) is 1. The number of aryl methyl sites for hydroxylation is 1. The van der Waals surface area contributed by atoms with Crippen molar-refractivity contribution in [2.75, 3.05) is 6.61 Å². The number of amides is 1. The van der Waals surface area contributed by atoms with Gasteiger partial charge in [0.1, 0.15) is 11.6 Å². The first-order valence-electron chi connectivity index (χ1n) is 8.85. The number of nitrogens with zero attached hydrogens (tertiary/aromatic N) is 2. The molecule has 1 atom stereocenters. The van der Waals surface area contributed by atoms with Gasteiger partial charge in [0.2, 0.25) is 5.91 Å². The predicted molar refractivity (Wildman–Crippen MR) is 108 cm³/mol. The first kappa shape index (κ1) is 19.0. The average Bonchev–Trinajstić information content (AvgIpc) is 3.05. The van der Waals surface area contributed by atoms with E-state index in [0.717, 1.165) is 23.3 Å². The summed E-state index contributed by atoms with van der Waals surface area (Å²) in [6.07, 6.45) is 2.04. The molecule has 0 bridgehead atoms. The Morgan fingerprint density at radius 2 is 2.04 bits per heavy atom. The number of halogens is 1. The number of rotatable bonds is 8. The summed E-state index contributed by atoms with van der Waals surface area (Å²) in [6, 6.07) is 15.1. The number of benzene rings is 2. The van der Waals surface area contributed by atoms with E-state index in [0.29, 0.717) is 23.9 Å². The van der Waals surface area contributed by atoms with Gasteiger partial charge in [-0.1, -0.05) is 42.4 Å². The summed E-state index contributed by atoms with van der Waals surface area (Å²) in [5.41, 5.74) is 1.93. The number of para-hydroxylation sites is 3. The molecule has 3 aromatic rings. The zero-order valence-corrected chi connectivity index (χ0v) is 15.9. The van der Waals surface area contributed by atoms with Crippen LogP contribution in [0.3, 0.4) is 0 Å². The number of imidazole rings is 1. The SMILES string of the molecule is C=CC(=O)NC(C)c1nc2ccccc2n1CCCOc1ccccc1Cl. The van der Waals surface area contributed by atoms with Crippen LogP contribution in [0.5, 0.6) is 5.75 Å². The van der Waals surface area contributed by atoms with Crippen molar-refractivity contribution in [3.05, 3.63) is 72.0 Å². The predicted octanol–water partition coefficient (Wildman–Crippen LogP) is 4.52. The third-order valence-corrected chi connectivity index (χ3v) is 4.55. The Hall–Kier alpha value is -2.79. The molecule has 140 valence electrons. The van der Waals surface area contributed by atoms with Crippen LogP contribution in [-0.2, 0) is 11.3 Å². The van der Waals surface area contributed by atoms with Crippen LogP contribution < -0.4 is 10.1 Å². The van der Waals surface area contributed by atoms with Gasteiger partial charge < -0.3 is 14.6 Å². The molecule has 0 aliphatic heterocycles. The number of fused-ring (bicyclic) bond motifs is 1. The van der Waals surface area contributed by atoms with Crippen LogP contribution in [0.4, 0.5) is 0 Å². The summed E-state index contributed by atoms with van der Waals surface area (Å²) in [4.78, 5) is 16.4. The molecule has 1 N–H and O–H groups in total. The maximum Gasteiger partial charge on any atom is 0.243 e. The molecule has 1 heterocycles. The highest BCUT2D eigenvalue weighted by Gasteiger charge is 2.17. The highest BCUT2D eigenvalue weighted by Crippen LogP contribution is 2.24. The molecule has 0 aliphatic rings. The minimum absolute atomic E-state index is 0.219. The summed E-state index contributed by atoms with van der Waals surface area (Å²) in [7, 11) is 0. The number of nitrogens with one attached hydrogen (secondary N) is 1. The molecule has 5 nitrogen and oxygen atoms in total. The molecule has 0 saturated carbocycles. The summed E-state index contributed by atoms with van der Waals surface area (Å²) < 4.78 is 7.91. The molecule has 6 heteroatoms. The maximum atomic E-state index is 11.7. The smallest absolute Gasteiger partial charge is 0.243 e. The van der Waals surface area contributed by atoms with Crippen LogP contribution in [0, 0.1) is 0 Å². The van der Waals surface area contributed by atoms with Crippen LogP contribution in [0.2, 0.25) is 5.02 Å². The molecule has 0 radical (unpaired) electrons. The Labute approximate surface area is 163 Å². The van der Waals surface area contributed by atoms with Gasteiger partial charge in [0.25, 0.3) is 0 Å². The molecular formula is C21H22ClN3O2. The number of carbonyl (C=O) groups is 1. The minimum atomic E-state index is -0.229. The highest BCUT2D eigenvalue weighted by atomic mass is 35.5. The number of carbonyl (C=O) groups excluding carboxylic acids is 1. The van der Waals surface area contributed by atoms with Crippen LogP contribution in [0.15, 0.2) is 61.2 Å². The number of hydrogen-bond acceptors (Lipinski definition) is 3. The Kier molecular flexibility index (Phi) is 6.14. The first-order chi connectivity index (χ1) is 13.1. The van der Waals surface area contributed by atoms with E-state index in [2.05, 4.69) is 16.5 Å². The van der Waals surface area contributed by atoms with E-state index in [1.807, 2.05) is 55.5 Å². The van der Waals surface area contributed by atoms with Crippen molar-refractivity contribution in [1.82, 2.24) is 14.9 Å². The minimum Gasteiger partial charge on any atom is -0.492 e. The zero-order valence-electron chi connectivity index (χ0n) is 15.2. The Morgan fingerprint density at radius 3 is 2.81 bits per heavy atom. The molecule has 0 aliphatic carbocycles. The van der Waals surface area contributed by atoms with Gasteiger partial charge in [-0.15, -0.1) is 0 Å². The monoisotopic (exact) mass is 383 g/mol. The number of hydrogen-bond donors (Lipinski definition) is 1. The maximum absolute atomic E-state index is 11.7. The standard InChI is InChI=1S/C21H22ClN3O2/c1-3-20(26)23-15(2)21-24-17-10-5-6-11-18(17)25(21)13-8-14-27-19-12-7-4-9-16(19)22/h3-7,9-12,15H,1,8,13-14H2,2H3,(H,23,26). The van der Waals surface area contributed by atoms with Crippen LogP contribution >= 0.6 is 11.6 Å². The second kappa shape index (κ2) is 8.73. The first-order valence-corrected chi connectivity index (χ1v) is 9.23. The van der Waals surface area contributed by atoms with Crippen LogP contribution in [-0.4, -0.2) is 22.1 Å². The fourth-order valence-electron chi connectivity index (χ4n) is 2.96. The third kappa shape index (κ3) is 4.49. The lowest BCUT2D eigenvalue weighted by Crippen LogP contribution is -2.27. The molecule has 3 rings (SSSR count). The van der Waals surface area contributed by atoms with Crippen molar-refractivity contribution < 1.29 is 9.53 Å². The Bertz CT molecular complexity index is 952. The van der Waals surface area contributed by atoms with Crippen LogP contribution in [0.25, 0.3) is 11.0 Å². The molecule has 1 unspecified atom stereocenters. The van der Waals surface area contributed by atoms with E-state index in [1.54, 1.807) is 0 Å². The molecule has 1 amide bonds. The Morgan fingerprint density at radius 1 is 1.30 bits per heavy atom. The topological polar surface area (TPSA) is 56.2 Å². The lowest BCUT2D eigenvalue weighted by atomic mass is 10.3.